The van der Waals surface area contributed by atoms with Crippen molar-refractivity contribution in [2.24, 2.45) is 5.92 Å². The first-order valence-corrected chi connectivity index (χ1v) is 5.24. The first kappa shape index (κ1) is 11.8. The lowest BCUT2D eigenvalue weighted by Crippen LogP contribution is -2.38. The van der Waals surface area contributed by atoms with Gasteiger partial charge < -0.3 is 10.0 Å². The number of amides is 1. The Morgan fingerprint density at radius 3 is 2.47 bits per heavy atom. The predicted octanol–water partition coefficient (Wildman–Crippen LogP) is 1.28. The van der Waals surface area contributed by atoms with Crippen LogP contribution in [0, 0.1) is 5.92 Å². The summed E-state index contributed by atoms with van der Waals surface area (Å²) < 4.78 is 0. The smallest absolute Gasteiger partial charge is 0.303 e. The van der Waals surface area contributed by atoms with E-state index in [0.717, 1.165) is 12.8 Å². The lowest BCUT2D eigenvalue weighted by molar-refractivity contribution is -0.138. The van der Waals surface area contributed by atoms with Crippen LogP contribution in [0.25, 0.3) is 0 Å². The van der Waals surface area contributed by atoms with Crippen molar-refractivity contribution in [1.29, 1.82) is 0 Å². The Bertz CT molecular complexity index is 255. The number of carboxylic acids is 1. The number of piperidine rings is 1. The minimum absolute atomic E-state index is 0.0961. The third-order valence-corrected chi connectivity index (χ3v) is 2.75. The zero-order valence-electron chi connectivity index (χ0n) is 8.82. The lowest BCUT2D eigenvalue weighted by Gasteiger charge is -2.31. The van der Waals surface area contributed by atoms with Gasteiger partial charge in [-0.25, -0.2) is 0 Å². The first-order valence-electron chi connectivity index (χ1n) is 5.24. The monoisotopic (exact) mass is 211 g/mol. The molecule has 1 heterocycles. The van der Waals surface area contributed by atoms with Crippen LogP contribution in [-0.4, -0.2) is 35.0 Å². The number of hydrogen-bond acceptors (Lipinski definition) is 2. The Balaban J connectivity index is 2.32. The fourth-order valence-corrected chi connectivity index (χ4v) is 1.89. The zero-order chi connectivity index (χ0) is 11.3. The standard InChI is InChI=1S/C11H17NO3/c1-2-3-10(13)12-6-4-9(5-7-12)8-11(14)15/h2,9H,1,3-8H2,(H,14,15). The van der Waals surface area contributed by atoms with E-state index in [1.165, 1.54) is 0 Å². The molecule has 1 aliphatic rings. The summed E-state index contributed by atoms with van der Waals surface area (Å²) in [5.74, 6) is -0.417. The molecular formula is C11H17NO3. The van der Waals surface area contributed by atoms with E-state index in [4.69, 9.17) is 5.11 Å². The molecule has 0 atom stereocenters. The summed E-state index contributed by atoms with van der Waals surface area (Å²) in [5.41, 5.74) is 0. The second kappa shape index (κ2) is 5.53. The molecule has 0 aromatic rings. The maximum Gasteiger partial charge on any atom is 0.303 e. The van der Waals surface area contributed by atoms with Crippen molar-refractivity contribution in [3.63, 3.8) is 0 Å². The van der Waals surface area contributed by atoms with Crippen LogP contribution < -0.4 is 0 Å². The van der Waals surface area contributed by atoms with Gasteiger partial charge in [0.2, 0.25) is 5.91 Å². The Labute approximate surface area is 89.6 Å². The van der Waals surface area contributed by atoms with Crippen molar-refractivity contribution in [3.8, 4) is 0 Å². The molecule has 1 aliphatic heterocycles. The summed E-state index contributed by atoms with van der Waals surface area (Å²) in [4.78, 5) is 23.7. The molecule has 4 nitrogen and oxygen atoms in total. The molecule has 1 amide bonds. The van der Waals surface area contributed by atoms with E-state index in [0.29, 0.717) is 19.5 Å². The Morgan fingerprint density at radius 1 is 1.40 bits per heavy atom. The van der Waals surface area contributed by atoms with E-state index in [9.17, 15) is 9.59 Å². The first-order chi connectivity index (χ1) is 7.13. The Kier molecular flexibility index (Phi) is 4.34. The summed E-state index contributed by atoms with van der Waals surface area (Å²) in [6.07, 6.45) is 3.81. The maximum atomic E-state index is 11.5. The number of carboxylic acid groups (broad SMARTS) is 1. The second-order valence-corrected chi connectivity index (χ2v) is 3.91. The van der Waals surface area contributed by atoms with E-state index in [1.54, 1.807) is 11.0 Å². The molecule has 0 bridgehead atoms. The van der Waals surface area contributed by atoms with Crippen molar-refractivity contribution in [2.45, 2.75) is 25.7 Å². The van der Waals surface area contributed by atoms with E-state index in [1.807, 2.05) is 0 Å². The molecule has 0 radical (unpaired) electrons. The number of aliphatic carboxylic acids is 1. The van der Waals surface area contributed by atoms with E-state index < -0.39 is 5.97 Å². The number of carbonyl (C=O) groups is 2. The van der Waals surface area contributed by atoms with Crippen molar-refractivity contribution in [3.05, 3.63) is 12.7 Å². The largest absolute Gasteiger partial charge is 0.481 e. The average molecular weight is 211 g/mol. The molecule has 84 valence electrons. The second-order valence-electron chi connectivity index (χ2n) is 3.91. The Hall–Kier alpha value is -1.32. The van der Waals surface area contributed by atoms with Gasteiger partial charge in [0.25, 0.3) is 0 Å². The molecule has 1 fully saturated rings. The number of likely N-dealkylation sites (tertiary alicyclic amines) is 1. The van der Waals surface area contributed by atoms with E-state index in [-0.39, 0.29) is 18.2 Å². The van der Waals surface area contributed by atoms with Gasteiger partial charge in [-0.2, -0.15) is 0 Å². The normalized spacial score (nSPS) is 17.5. The molecule has 0 aliphatic carbocycles. The van der Waals surface area contributed by atoms with Crippen LogP contribution in [0.3, 0.4) is 0 Å². The van der Waals surface area contributed by atoms with Crippen molar-refractivity contribution in [2.75, 3.05) is 13.1 Å². The van der Waals surface area contributed by atoms with Crippen LogP contribution in [0.5, 0.6) is 0 Å². The number of rotatable bonds is 4. The summed E-state index contributed by atoms with van der Waals surface area (Å²) in [6, 6.07) is 0. The maximum absolute atomic E-state index is 11.5. The highest BCUT2D eigenvalue weighted by Gasteiger charge is 2.23. The molecule has 4 heteroatoms. The minimum Gasteiger partial charge on any atom is -0.481 e. The van der Waals surface area contributed by atoms with Crippen LogP contribution in [0.15, 0.2) is 12.7 Å². The van der Waals surface area contributed by atoms with Crippen molar-refractivity contribution < 1.29 is 14.7 Å². The molecular weight excluding hydrogens is 194 g/mol. The highest BCUT2D eigenvalue weighted by molar-refractivity contribution is 5.77. The summed E-state index contributed by atoms with van der Waals surface area (Å²) in [6.45, 7) is 4.89. The molecule has 0 aromatic carbocycles. The highest BCUT2D eigenvalue weighted by atomic mass is 16.4. The SMILES string of the molecule is C=CCC(=O)N1CCC(CC(=O)O)CC1. The quantitative estimate of drug-likeness (QED) is 0.712. The lowest BCUT2D eigenvalue weighted by atomic mass is 9.93. The fraction of sp³-hybridized carbons (Fsp3) is 0.636. The van der Waals surface area contributed by atoms with Gasteiger partial charge in [-0.15, -0.1) is 6.58 Å². The topological polar surface area (TPSA) is 57.6 Å². The van der Waals surface area contributed by atoms with E-state index >= 15 is 0 Å². The van der Waals surface area contributed by atoms with Crippen LogP contribution in [0.4, 0.5) is 0 Å². The van der Waals surface area contributed by atoms with Gasteiger partial charge in [0.15, 0.2) is 0 Å². The van der Waals surface area contributed by atoms with E-state index in [2.05, 4.69) is 6.58 Å². The molecule has 1 N–H and O–H groups in total. The molecule has 0 aromatic heterocycles. The number of hydrogen-bond donors (Lipinski definition) is 1. The van der Waals surface area contributed by atoms with Gasteiger partial charge in [-0.3, -0.25) is 9.59 Å². The Morgan fingerprint density at radius 2 is 2.00 bits per heavy atom. The van der Waals surface area contributed by atoms with Gasteiger partial charge in [0.05, 0.1) is 0 Å². The summed E-state index contributed by atoms with van der Waals surface area (Å²) in [7, 11) is 0. The van der Waals surface area contributed by atoms with Gasteiger partial charge in [0, 0.05) is 25.9 Å². The molecule has 0 spiro atoms. The van der Waals surface area contributed by atoms with Gasteiger partial charge in [-0.1, -0.05) is 6.08 Å². The highest BCUT2D eigenvalue weighted by Crippen LogP contribution is 2.20. The molecule has 15 heavy (non-hydrogen) atoms. The predicted molar refractivity (Wildman–Crippen MR) is 56.4 cm³/mol. The third-order valence-electron chi connectivity index (χ3n) is 2.75. The fourth-order valence-electron chi connectivity index (χ4n) is 1.89. The van der Waals surface area contributed by atoms with Gasteiger partial charge in [-0.05, 0) is 18.8 Å². The molecule has 0 unspecified atom stereocenters. The van der Waals surface area contributed by atoms with Crippen LogP contribution in [0.1, 0.15) is 25.7 Å². The average Bonchev–Trinajstić information content (AvgIpc) is 2.18. The molecule has 0 saturated carbocycles. The number of carbonyl (C=O) groups excluding carboxylic acids is 1. The van der Waals surface area contributed by atoms with Crippen LogP contribution in [-0.2, 0) is 9.59 Å². The van der Waals surface area contributed by atoms with Crippen LogP contribution in [0.2, 0.25) is 0 Å². The molecule has 1 saturated heterocycles. The summed E-state index contributed by atoms with van der Waals surface area (Å²) in [5, 5.41) is 8.63. The van der Waals surface area contributed by atoms with Gasteiger partial charge in [0.1, 0.15) is 0 Å². The summed E-state index contributed by atoms with van der Waals surface area (Å²) >= 11 is 0. The minimum atomic E-state index is -0.745. The molecule has 1 rings (SSSR count). The van der Waals surface area contributed by atoms with Crippen molar-refractivity contribution in [1.82, 2.24) is 4.90 Å². The third kappa shape index (κ3) is 3.73. The zero-order valence-corrected chi connectivity index (χ0v) is 8.82. The number of nitrogens with zero attached hydrogens (tertiary/aromatic N) is 1. The van der Waals surface area contributed by atoms with Gasteiger partial charge >= 0.3 is 5.97 Å². The van der Waals surface area contributed by atoms with Crippen LogP contribution >= 0.6 is 0 Å². The van der Waals surface area contributed by atoms with Crippen molar-refractivity contribution >= 4 is 11.9 Å².